The highest BCUT2D eigenvalue weighted by Crippen LogP contribution is 2.30. The minimum absolute atomic E-state index is 0.0813. The van der Waals surface area contributed by atoms with Gasteiger partial charge in [0, 0.05) is 12.1 Å². The lowest BCUT2D eigenvalue weighted by Gasteiger charge is -2.35. The number of carbonyl (C=O) groups is 1. The maximum absolute atomic E-state index is 12.4. The molecule has 4 unspecified atom stereocenters. The summed E-state index contributed by atoms with van der Waals surface area (Å²) in [6.45, 7) is 5.07. The summed E-state index contributed by atoms with van der Waals surface area (Å²) in [5.41, 5.74) is 5.45. The Morgan fingerprint density at radius 3 is 2.78 bits per heavy atom. The molecule has 0 bridgehead atoms. The molecule has 1 heterocycles. The van der Waals surface area contributed by atoms with Gasteiger partial charge < -0.3 is 15.8 Å². The van der Waals surface area contributed by atoms with Gasteiger partial charge >= 0.3 is 0 Å². The van der Waals surface area contributed by atoms with Gasteiger partial charge in [-0.3, -0.25) is 4.79 Å². The van der Waals surface area contributed by atoms with E-state index in [1.165, 1.54) is 19.3 Å². The highest BCUT2D eigenvalue weighted by molar-refractivity contribution is 5.83. The first kappa shape index (κ1) is 13.8. The van der Waals surface area contributed by atoms with Crippen LogP contribution in [0.5, 0.6) is 0 Å². The van der Waals surface area contributed by atoms with E-state index in [1.54, 1.807) is 0 Å². The lowest BCUT2D eigenvalue weighted by atomic mass is 9.80. The number of amides is 1. The van der Waals surface area contributed by atoms with Crippen molar-refractivity contribution in [2.24, 2.45) is 17.1 Å². The molecule has 1 aliphatic heterocycles. The van der Waals surface area contributed by atoms with Gasteiger partial charge in [0.25, 0.3) is 0 Å². The van der Waals surface area contributed by atoms with Gasteiger partial charge in [-0.25, -0.2) is 0 Å². The molecule has 1 aliphatic carbocycles. The van der Waals surface area contributed by atoms with E-state index < -0.39 is 5.41 Å². The van der Waals surface area contributed by atoms with Crippen LogP contribution in [-0.2, 0) is 9.53 Å². The first-order valence-electron chi connectivity index (χ1n) is 7.22. The summed E-state index contributed by atoms with van der Waals surface area (Å²) in [5, 5.41) is 3.23. The molecular weight excluding hydrogens is 228 g/mol. The largest absolute Gasteiger partial charge is 0.379 e. The van der Waals surface area contributed by atoms with E-state index in [9.17, 15) is 4.79 Å². The second-order valence-electron chi connectivity index (χ2n) is 6.07. The summed E-state index contributed by atoms with van der Waals surface area (Å²) in [4.78, 5) is 12.4. The van der Waals surface area contributed by atoms with Gasteiger partial charge in [0.1, 0.15) is 0 Å². The van der Waals surface area contributed by atoms with Crippen molar-refractivity contribution in [2.45, 2.75) is 58.0 Å². The fourth-order valence-corrected chi connectivity index (χ4v) is 3.14. The fraction of sp³-hybridized carbons (Fsp3) is 0.929. The molecule has 18 heavy (non-hydrogen) atoms. The molecule has 2 fully saturated rings. The molecule has 0 aromatic carbocycles. The molecule has 0 radical (unpaired) electrons. The van der Waals surface area contributed by atoms with Crippen molar-refractivity contribution in [3.8, 4) is 0 Å². The van der Waals surface area contributed by atoms with E-state index in [0.29, 0.717) is 25.2 Å². The molecule has 4 nitrogen and oxygen atoms in total. The van der Waals surface area contributed by atoms with Gasteiger partial charge in [-0.2, -0.15) is 0 Å². The topological polar surface area (TPSA) is 64.3 Å². The molecule has 0 aromatic rings. The molecule has 1 amide bonds. The van der Waals surface area contributed by atoms with Crippen LogP contribution in [0.3, 0.4) is 0 Å². The normalized spacial score (nSPS) is 40.7. The molecule has 4 heteroatoms. The summed E-state index contributed by atoms with van der Waals surface area (Å²) in [6.07, 6.45) is 6.01. The van der Waals surface area contributed by atoms with Crippen LogP contribution in [0.15, 0.2) is 0 Å². The molecule has 2 rings (SSSR count). The minimum atomic E-state index is -0.546. The van der Waals surface area contributed by atoms with E-state index in [1.807, 2.05) is 6.92 Å². The Bertz CT molecular complexity index is 308. The predicted octanol–water partition coefficient (Wildman–Crippen LogP) is 1.44. The van der Waals surface area contributed by atoms with Gasteiger partial charge in [-0.1, -0.05) is 26.2 Å². The number of nitrogens with two attached hydrogens (primary N) is 1. The van der Waals surface area contributed by atoms with Gasteiger partial charge in [0.15, 0.2) is 0 Å². The van der Waals surface area contributed by atoms with Crippen LogP contribution in [0.2, 0.25) is 0 Å². The second-order valence-corrected chi connectivity index (χ2v) is 6.07. The van der Waals surface area contributed by atoms with Gasteiger partial charge in [0.2, 0.25) is 5.91 Å². The number of nitrogens with one attached hydrogen (secondary N) is 1. The van der Waals surface area contributed by atoms with Crippen LogP contribution >= 0.6 is 0 Å². The maximum Gasteiger partial charge on any atom is 0.230 e. The first-order valence-corrected chi connectivity index (χ1v) is 7.22. The fourth-order valence-electron chi connectivity index (χ4n) is 3.14. The molecule has 0 spiro atoms. The van der Waals surface area contributed by atoms with Crippen molar-refractivity contribution in [3.63, 3.8) is 0 Å². The number of hydrogen-bond acceptors (Lipinski definition) is 3. The molecule has 2 aliphatic rings. The summed E-state index contributed by atoms with van der Waals surface area (Å²) < 4.78 is 5.35. The molecule has 3 N–H and O–H groups in total. The average molecular weight is 254 g/mol. The quantitative estimate of drug-likeness (QED) is 0.801. The third-order valence-corrected chi connectivity index (χ3v) is 4.79. The number of carbonyl (C=O) groups excluding carboxylic acids is 1. The third-order valence-electron chi connectivity index (χ3n) is 4.79. The molecule has 1 saturated heterocycles. The zero-order valence-corrected chi connectivity index (χ0v) is 11.6. The molecule has 104 valence electrons. The number of ether oxygens (including phenoxy) is 1. The number of rotatable bonds is 3. The molecule has 0 aromatic heterocycles. The summed E-state index contributed by atoms with van der Waals surface area (Å²) >= 11 is 0. The SMILES string of the molecule is CCC1CCCCC1NC(=O)C1(C)COCC1N. The Labute approximate surface area is 110 Å². The Morgan fingerprint density at radius 1 is 1.44 bits per heavy atom. The Balaban J connectivity index is 1.97. The highest BCUT2D eigenvalue weighted by atomic mass is 16.5. The lowest BCUT2D eigenvalue weighted by molar-refractivity contribution is -0.132. The van der Waals surface area contributed by atoms with Crippen molar-refractivity contribution in [1.29, 1.82) is 0 Å². The Morgan fingerprint density at radius 2 is 2.17 bits per heavy atom. The van der Waals surface area contributed by atoms with Crippen molar-refractivity contribution in [3.05, 3.63) is 0 Å². The van der Waals surface area contributed by atoms with E-state index >= 15 is 0 Å². The van der Waals surface area contributed by atoms with E-state index in [4.69, 9.17) is 10.5 Å². The van der Waals surface area contributed by atoms with Crippen molar-refractivity contribution >= 4 is 5.91 Å². The number of hydrogen-bond donors (Lipinski definition) is 2. The Hall–Kier alpha value is -0.610. The van der Waals surface area contributed by atoms with E-state index in [2.05, 4.69) is 12.2 Å². The second kappa shape index (κ2) is 5.57. The van der Waals surface area contributed by atoms with E-state index in [-0.39, 0.29) is 11.9 Å². The molecule has 4 atom stereocenters. The molecular formula is C14H26N2O2. The zero-order chi connectivity index (χ0) is 13.2. The van der Waals surface area contributed by atoms with Crippen molar-refractivity contribution in [2.75, 3.05) is 13.2 Å². The summed E-state index contributed by atoms with van der Waals surface area (Å²) in [6, 6.07) is 0.155. The smallest absolute Gasteiger partial charge is 0.230 e. The Kier molecular flexibility index (Phi) is 4.28. The monoisotopic (exact) mass is 254 g/mol. The maximum atomic E-state index is 12.4. The average Bonchev–Trinajstić information content (AvgIpc) is 2.71. The van der Waals surface area contributed by atoms with Crippen LogP contribution in [0.4, 0.5) is 0 Å². The summed E-state index contributed by atoms with van der Waals surface area (Å²) in [7, 11) is 0. The zero-order valence-electron chi connectivity index (χ0n) is 11.6. The van der Waals surface area contributed by atoms with E-state index in [0.717, 1.165) is 12.8 Å². The van der Waals surface area contributed by atoms with Crippen LogP contribution in [0.25, 0.3) is 0 Å². The van der Waals surface area contributed by atoms with Crippen LogP contribution < -0.4 is 11.1 Å². The van der Waals surface area contributed by atoms with Gasteiger partial charge in [-0.15, -0.1) is 0 Å². The predicted molar refractivity (Wildman–Crippen MR) is 71.1 cm³/mol. The van der Waals surface area contributed by atoms with Crippen molar-refractivity contribution < 1.29 is 9.53 Å². The van der Waals surface area contributed by atoms with Crippen LogP contribution in [0, 0.1) is 11.3 Å². The highest BCUT2D eigenvalue weighted by Gasteiger charge is 2.45. The summed E-state index contributed by atoms with van der Waals surface area (Å²) in [5.74, 6) is 0.711. The van der Waals surface area contributed by atoms with Crippen molar-refractivity contribution in [1.82, 2.24) is 5.32 Å². The van der Waals surface area contributed by atoms with Gasteiger partial charge in [0.05, 0.1) is 18.6 Å². The third kappa shape index (κ3) is 2.54. The van der Waals surface area contributed by atoms with Gasteiger partial charge in [-0.05, 0) is 25.7 Å². The standard InChI is InChI=1S/C14H26N2O2/c1-3-10-6-4-5-7-11(10)16-13(17)14(2)9-18-8-12(14)15/h10-12H,3-9,15H2,1-2H3,(H,16,17). The van der Waals surface area contributed by atoms with Crippen LogP contribution in [0.1, 0.15) is 46.0 Å². The minimum Gasteiger partial charge on any atom is -0.379 e. The lowest BCUT2D eigenvalue weighted by Crippen LogP contribution is -2.54. The first-order chi connectivity index (χ1) is 8.58. The molecule has 1 saturated carbocycles. The van der Waals surface area contributed by atoms with Crippen LogP contribution in [-0.4, -0.2) is 31.2 Å².